The summed E-state index contributed by atoms with van der Waals surface area (Å²) in [6, 6.07) is 18.2. The maximum absolute atomic E-state index is 12.4. The largest absolute Gasteiger partial charge is 0.399 e. The van der Waals surface area contributed by atoms with Gasteiger partial charge in [0.05, 0.1) is 6.42 Å². The van der Waals surface area contributed by atoms with Crippen LogP contribution in [0, 0.1) is 0 Å². The van der Waals surface area contributed by atoms with Crippen LogP contribution < -0.4 is 5.73 Å². The van der Waals surface area contributed by atoms with Gasteiger partial charge in [-0.15, -0.1) is 12.4 Å². The number of nitrogen functional groups attached to an aromatic ring is 1. The third-order valence-corrected chi connectivity index (χ3v) is 4.45. The van der Waals surface area contributed by atoms with Crippen molar-refractivity contribution in [1.82, 2.24) is 4.90 Å². The highest BCUT2D eigenvalue weighted by Crippen LogP contribution is 2.28. The highest BCUT2D eigenvalue weighted by molar-refractivity contribution is 5.85. The molecule has 3 rings (SSSR count). The van der Waals surface area contributed by atoms with Crippen LogP contribution in [0.2, 0.25) is 0 Å². The van der Waals surface area contributed by atoms with Crippen LogP contribution in [0.1, 0.15) is 29.9 Å². The molecule has 0 saturated carbocycles. The molecule has 1 heterocycles. The van der Waals surface area contributed by atoms with Gasteiger partial charge in [0.25, 0.3) is 0 Å². The van der Waals surface area contributed by atoms with E-state index in [0.29, 0.717) is 12.3 Å². The van der Waals surface area contributed by atoms with Gasteiger partial charge < -0.3 is 10.6 Å². The number of hydrogen-bond acceptors (Lipinski definition) is 2. The Hall–Kier alpha value is -2.00. The average Bonchev–Trinajstić information content (AvgIpc) is 2.58. The molecular formula is C19H23ClN2O. The minimum absolute atomic E-state index is 0. The Labute approximate surface area is 143 Å². The van der Waals surface area contributed by atoms with Crippen LogP contribution in [-0.2, 0) is 11.2 Å². The van der Waals surface area contributed by atoms with Crippen LogP contribution in [0.4, 0.5) is 5.69 Å². The first-order valence-electron chi connectivity index (χ1n) is 7.89. The molecule has 1 saturated heterocycles. The lowest BCUT2D eigenvalue weighted by atomic mass is 9.89. The molecule has 2 aromatic rings. The molecule has 2 aromatic carbocycles. The first kappa shape index (κ1) is 17.4. The number of carbonyl (C=O) groups is 1. The highest BCUT2D eigenvalue weighted by atomic mass is 35.5. The molecule has 1 amide bonds. The number of nitrogens with zero attached hydrogens (tertiary/aromatic N) is 1. The van der Waals surface area contributed by atoms with Crippen molar-refractivity contribution in [2.75, 3.05) is 18.8 Å². The molecule has 23 heavy (non-hydrogen) atoms. The maximum Gasteiger partial charge on any atom is 0.226 e. The molecule has 2 N–H and O–H groups in total. The lowest BCUT2D eigenvalue weighted by molar-refractivity contribution is -0.131. The molecule has 0 unspecified atom stereocenters. The number of anilines is 1. The summed E-state index contributed by atoms with van der Waals surface area (Å²) in [7, 11) is 0. The quantitative estimate of drug-likeness (QED) is 0.873. The number of likely N-dealkylation sites (tertiary alicyclic amines) is 1. The first-order chi connectivity index (χ1) is 10.7. The van der Waals surface area contributed by atoms with Gasteiger partial charge in [-0.05, 0) is 42.0 Å². The highest BCUT2D eigenvalue weighted by Gasteiger charge is 2.23. The van der Waals surface area contributed by atoms with Gasteiger partial charge >= 0.3 is 0 Å². The third kappa shape index (κ3) is 4.49. The Morgan fingerprint density at radius 3 is 2.22 bits per heavy atom. The van der Waals surface area contributed by atoms with E-state index in [-0.39, 0.29) is 18.3 Å². The van der Waals surface area contributed by atoms with Crippen LogP contribution in [0.25, 0.3) is 0 Å². The molecule has 122 valence electrons. The molecule has 4 heteroatoms. The molecule has 1 aliphatic rings. The summed E-state index contributed by atoms with van der Waals surface area (Å²) in [5.41, 5.74) is 8.84. The molecule has 1 fully saturated rings. The molecule has 0 aromatic heterocycles. The van der Waals surface area contributed by atoms with E-state index in [0.717, 1.165) is 37.2 Å². The van der Waals surface area contributed by atoms with Gasteiger partial charge in [0.1, 0.15) is 0 Å². The van der Waals surface area contributed by atoms with Crippen LogP contribution in [-0.4, -0.2) is 23.9 Å². The van der Waals surface area contributed by atoms with E-state index in [4.69, 9.17) is 5.73 Å². The molecular weight excluding hydrogens is 308 g/mol. The Morgan fingerprint density at radius 2 is 1.61 bits per heavy atom. The molecule has 0 aliphatic carbocycles. The molecule has 1 aliphatic heterocycles. The number of amides is 1. The lowest BCUT2D eigenvalue weighted by Gasteiger charge is -2.32. The average molecular weight is 331 g/mol. The van der Waals surface area contributed by atoms with Crippen molar-refractivity contribution in [2.45, 2.75) is 25.2 Å². The van der Waals surface area contributed by atoms with Crippen molar-refractivity contribution in [3.05, 3.63) is 65.7 Å². The van der Waals surface area contributed by atoms with E-state index in [1.807, 2.05) is 29.2 Å². The van der Waals surface area contributed by atoms with Gasteiger partial charge in [-0.1, -0.05) is 42.5 Å². The second-order valence-corrected chi connectivity index (χ2v) is 5.98. The van der Waals surface area contributed by atoms with Crippen LogP contribution in [0.5, 0.6) is 0 Å². The van der Waals surface area contributed by atoms with Gasteiger partial charge in [-0.25, -0.2) is 0 Å². The van der Waals surface area contributed by atoms with E-state index >= 15 is 0 Å². The van der Waals surface area contributed by atoms with Gasteiger partial charge in [0.15, 0.2) is 0 Å². The van der Waals surface area contributed by atoms with Crippen molar-refractivity contribution in [2.24, 2.45) is 0 Å². The minimum Gasteiger partial charge on any atom is -0.399 e. The second kappa shape index (κ2) is 8.02. The zero-order chi connectivity index (χ0) is 15.4. The topological polar surface area (TPSA) is 46.3 Å². The van der Waals surface area contributed by atoms with E-state index in [9.17, 15) is 4.79 Å². The third-order valence-electron chi connectivity index (χ3n) is 4.45. The van der Waals surface area contributed by atoms with E-state index in [1.54, 1.807) is 0 Å². The predicted molar refractivity (Wildman–Crippen MR) is 96.8 cm³/mol. The van der Waals surface area contributed by atoms with Crippen LogP contribution in [0.15, 0.2) is 54.6 Å². The summed E-state index contributed by atoms with van der Waals surface area (Å²) >= 11 is 0. The predicted octanol–water partition coefficient (Wildman–Crippen LogP) is 3.64. The van der Waals surface area contributed by atoms with E-state index < -0.39 is 0 Å². The minimum atomic E-state index is 0. The summed E-state index contributed by atoms with van der Waals surface area (Å²) in [4.78, 5) is 14.4. The summed E-state index contributed by atoms with van der Waals surface area (Å²) < 4.78 is 0. The fourth-order valence-corrected chi connectivity index (χ4v) is 3.11. The smallest absolute Gasteiger partial charge is 0.226 e. The fourth-order valence-electron chi connectivity index (χ4n) is 3.11. The summed E-state index contributed by atoms with van der Waals surface area (Å²) in [5, 5.41) is 0. The summed E-state index contributed by atoms with van der Waals surface area (Å²) in [6.07, 6.45) is 2.57. The standard InChI is InChI=1S/C19H22N2O.ClH/c20-18-8-6-15(7-9-18)14-19(22)21-12-10-17(11-13-21)16-4-2-1-3-5-16;/h1-9,17H,10-14,20H2;1H. The number of carbonyl (C=O) groups excluding carboxylic acids is 1. The zero-order valence-corrected chi connectivity index (χ0v) is 14.0. The number of halogens is 1. The van der Waals surface area contributed by atoms with Crippen molar-refractivity contribution in [3.63, 3.8) is 0 Å². The van der Waals surface area contributed by atoms with Crippen molar-refractivity contribution < 1.29 is 4.79 Å². The molecule has 0 atom stereocenters. The Kier molecular flexibility index (Phi) is 6.05. The Bertz CT molecular complexity index is 620. The number of benzene rings is 2. The summed E-state index contributed by atoms with van der Waals surface area (Å²) in [6.45, 7) is 1.71. The van der Waals surface area contributed by atoms with Gasteiger partial charge in [0, 0.05) is 18.8 Å². The monoisotopic (exact) mass is 330 g/mol. The van der Waals surface area contributed by atoms with E-state index in [2.05, 4.69) is 30.3 Å². The van der Waals surface area contributed by atoms with Gasteiger partial charge in [0.2, 0.25) is 5.91 Å². The van der Waals surface area contributed by atoms with Crippen molar-refractivity contribution in [1.29, 1.82) is 0 Å². The first-order valence-corrected chi connectivity index (χ1v) is 7.89. The van der Waals surface area contributed by atoms with Gasteiger partial charge in [-0.3, -0.25) is 4.79 Å². The van der Waals surface area contributed by atoms with Crippen molar-refractivity contribution in [3.8, 4) is 0 Å². The fraction of sp³-hybridized carbons (Fsp3) is 0.316. The second-order valence-electron chi connectivity index (χ2n) is 5.98. The number of piperidine rings is 1. The molecule has 0 radical (unpaired) electrons. The Morgan fingerprint density at radius 1 is 1.00 bits per heavy atom. The van der Waals surface area contributed by atoms with Gasteiger partial charge in [-0.2, -0.15) is 0 Å². The van der Waals surface area contributed by atoms with Crippen LogP contribution in [0.3, 0.4) is 0 Å². The SMILES string of the molecule is Cl.Nc1ccc(CC(=O)N2CCC(c3ccccc3)CC2)cc1. The maximum atomic E-state index is 12.4. The Balaban J connectivity index is 0.00000192. The number of rotatable bonds is 3. The molecule has 3 nitrogen and oxygen atoms in total. The van der Waals surface area contributed by atoms with E-state index in [1.165, 1.54) is 5.56 Å². The molecule has 0 spiro atoms. The van der Waals surface area contributed by atoms with Crippen LogP contribution >= 0.6 is 12.4 Å². The summed E-state index contributed by atoms with van der Waals surface area (Å²) in [5.74, 6) is 0.804. The molecule has 0 bridgehead atoms. The zero-order valence-electron chi connectivity index (χ0n) is 13.2. The number of hydrogen-bond donors (Lipinski definition) is 1. The van der Waals surface area contributed by atoms with Crippen molar-refractivity contribution >= 4 is 24.0 Å². The normalized spacial score (nSPS) is 15.0. The number of nitrogens with two attached hydrogens (primary N) is 1. The lowest BCUT2D eigenvalue weighted by Crippen LogP contribution is -2.38.